The Morgan fingerprint density at radius 1 is 1.39 bits per heavy atom. The zero-order valence-electron chi connectivity index (χ0n) is 11.9. The second-order valence-corrected chi connectivity index (χ2v) is 4.21. The van der Waals surface area contributed by atoms with Gasteiger partial charge in [-0.2, -0.15) is 0 Å². The van der Waals surface area contributed by atoms with E-state index in [1.54, 1.807) is 7.11 Å². The molecule has 0 saturated carbocycles. The van der Waals surface area contributed by atoms with Crippen molar-refractivity contribution in [2.24, 2.45) is 16.6 Å². The highest BCUT2D eigenvalue weighted by Gasteiger charge is 2.12. The maximum Gasteiger partial charge on any atom is 0.188 e. The Balaban J connectivity index is 0. The van der Waals surface area contributed by atoms with Gasteiger partial charge in [0.15, 0.2) is 5.96 Å². The highest BCUT2D eigenvalue weighted by Crippen LogP contribution is 2.10. The topological polar surface area (TPSA) is 68.9 Å². The van der Waals surface area contributed by atoms with Gasteiger partial charge < -0.3 is 20.5 Å². The molecule has 0 radical (unpaired) electrons. The van der Waals surface area contributed by atoms with Crippen molar-refractivity contribution in [2.75, 3.05) is 33.4 Å². The van der Waals surface area contributed by atoms with Crippen LogP contribution < -0.4 is 11.1 Å². The third kappa shape index (κ3) is 11.0. The minimum absolute atomic E-state index is 0. The maximum atomic E-state index is 5.69. The first-order valence-electron chi connectivity index (χ1n) is 6.26. The molecule has 0 aromatic rings. The molecule has 0 aromatic heterocycles. The van der Waals surface area contributed by atoms with Gasteiger partial charge in [-0.15, -0.1) is 24.0 Å². The normalized spacial score (nSPS) is 13.3. The quantitative estimate of drug-likeness (QED) is 0.279. The summed E-state index contributed by atoms with van der Waals surface area (Å²) in [5.41, 5.74) is 5.69. The van der Waals surface area contributed by atoms with Gasteiger partial charge in [0, 0.05) is 26.8 Å². The van der Waals surface area contributed by atoms with Crippen molar-refractivity contribution in [1.29, 1.82) is 0 Å². The summed E-state index contributed by atoms with van der Waals surface area (Å²) in [6, 6.07) is 0. The van der Waals surface area contributed by atoms with Crippen molar-refractivity contribution < 1.29 is 9.47 Å². The fourth-order valence-corrected chi connectivity index (χ4v) is 1.47. The molecular formula is C12H28IN3O2. The van der Waals surface area contributed by atoms with Crippen molar-refractivity contribution in [3.63, 3.8) is 0 Å². The first kappa shape index (κ1) is 20.2. The third-order valence-corrected chi connectivity index (χ3v) is 2.43. The molecule has 0 aliphatic carbocycles. The Bertz CT molecular complexity index is 213. The molecule has 3 N–H and O–H groups in total. The van der Waals surface area contributed by atoms with Crippen LogP contribution in [0.5, 0.6) is 0 Å². The predicted molar refractivity (Wildman–Crippen MR) is 86.7 cm³/mol. The smallest absolute Gasteiger partial charge is 0.188 e. The zero-order chi connectivity index (χ0) is 13.1. The van der Waals surface area contributed by atoms with E-state index >= 15 is 0 Å². The van der Waals surface area contributed by atoms with E-state index in [0.717, 1.165) is 13.0 Å². The van der Waals surface area contributed by atoms with E-state index in [2.05, 4.69) is 24.2 Å². The van der Waals surface area contributed by atoms with Crippen molar-refractivity contribution in [3.05, 3.63) is 0 Å². The number of ether oxygens (including phenoxy) is 2. The van der Waals surface area contributed by atoms with Gasteiger partial charge in [-0.25, -0.2) is 0 Å². The summed E-state index contributed by atoms with van der Waals surface area (Å²) >= 11 is 0. The number of nitrogens with one attached hydrogen (secondary N) is 1. The Kier molecular flexibility index (Phi) is 15.0. The predicted octanol–water partition coefficient (Wildman–Crippen LogP) is 1.61. The highest BCUT2D eigenvalue weighted by atomic mass is 127. The lowest BCUT2D eigenvalue weighted by Gasteiger charge is -2.19. The van der Waals surface area contributed by atoms with E-state index in [4.69, 9.17) is 15.2 Å². The molecule has 0 bridgehead atoms. The van der Waals surface area contributed by atoms with Crippen LogP contribution in [-0.2, 0) is 9.47 Å². The molecule has 1 unspecified atom stereocenters. The van der Waals surface area contributed by atoms with Gasteiger partial charge in [-0.3, -0.25) is 4.99 Å². The van der Waals surface area contributed by atoms with E-state index < -0.39 is 0 Å². The largest absolute Gasteiger partial charge is 0.383 e. The van der Waals surface area contributed by atoms with E-state index in [1.165, 1.54) is 0 Å². The third-order valence-electron chi connectivity index (χ3n) is 2.43. The number of rotatable bonds is 9. The molecule has 0 amide bonds. The number of halogens is 1. The van der Waals surface area contributed by atoms with E-state index in [9.17, 15) is 0 Å². The molecule has 6 heteroatoms. The van der Waals surface area contributed by atoms with Gasteiger partial charge in [0.05, 0.1) is 12.7 Å². The van der Waals surface area contributed by atoms with Crippen LogP contribution in [0, 0.1) is 5.92 Å². The summed E-state index contributed by atoms with van der Waals surface area (Å²) in [5, 5.41) is 2.98. The highest BCUT2D eigenvalue weighted by molar-refractivity contribution is 14.0. The van der Waals surface area contributed by atoms with Gasteiger partial charge in [0.1, 0.15) is 0 Å². The summed E-state index contributed by atoms with van der Waals surface area (Å²) in [4.78, 5) is 4.25. The van der Waals surface area contributed by atoms with Crippen LogP contribution >= 0.6 is 24.0 Å². The van der Waals surface area contributed by atoms with Crippen LogP contribution in [-0.4, -0.2) is 45.5 Å². The number of hydrogen-bond donors (Lipinski definition) is 2. The number of aliphatic imine (C=N–C) groups is 1. The fraction of sp³-hybridized carbons (Fsp3) is 0.917. The molecule has 0 spiro atoms. The van der Waals surface area contributed by atoms with Gasteiger partial charge >= 0.3 is 0 Å². The Labute approximate surface area is 128 Å². The van der Waals surface area contributed by atoms with E-state index in [0.29, 0.717) is 31.6 Å². The Morgan fingerprint density at radius 2 is 2.06 bits per heavy atom. The first-order chi connectivity index (χ1) is 8.11. The molecule has 0 heterocycles. The Hall–Kier alpha value is -0.0800. The van der Waals surface area contributed by atoms with Crippen molar-refractivity contribution in [1.82, 2.24) is 5.32 Å². The number of hydrogen-bond acceptors (Lipinski definition) is 3. The summed E-state index contributed by atoms with van der Waals surface area (Å²) in [5.74, 6) is 0.980. The summed E-state index contributed by atoms with van der Waals surface area (Å²) in [6.45, 7) is 9.07. The van der Waals surface area contributed by atoms with E-state index in [1.807, 2.05) is 6.92 Å². The molecular weight excluding hydrogens is 345 g/mol. The molecule has 0 aliphatic heterocycles. The van der Waals surface area contributed by atoms with Crippen molar-refractivity contribution >= 4 is 29.9 Å². The van der Waals surface area contributed by atoms with Crippen molar-refractivity contribution in [3.8, 4) is 0 Å². The Morgan fingerprint density at radius 3 is 2.56 bits per heavy atom. The number of guanidine groups is 1. The molecule has 18 heavy (non-hydrogen) atoms. The monoisotopic (exact) mass is 373 g/mol. The summed E-state index contributed by atoms with van der Waals surface area (Å²) in [7, 11) is 1.66. The number of methoxy groups -OCH3 is 1. The number of nitrogens with two attached hydrogens (primary N) is 1. The van der Waals surface area contributed by atoms with Crippen LogP contribution in [0.15, 0.2) is 4.99 Å². The van der Waals surface area contributed by atoms with Gasteiger partial charge in [-0.1, -0.05) is 13.8 Å². The fourth-order valence-electron chi connectivity index (χ4n) is 1.47. The molecule has 0 fully saturated rings. The van der Waals surface area contributed by atoms with Gasteiger partial charge in [0.25, 0.3) is 0 Å². The second-order valence-electron chi connectivity index (χ2n) is 4.21. The second kappa shape index (κ2) is 13.4. The average Bonchev–Trinajstić information content (AvgIpc) is 2.28. The summed E-state index contributed by atoms with van der Waals surface area (Å²) < 4.78 is 10.5. The lowest BCUT2D eigenvalue weighted by Crippen LogP contribution is -2.34. The molecule has 1 atom stereocenters. The van der Waals surface area contributed by atoms with Crippen molar-refractivity contribution in [2.45, 2.75) is 33.3 Å². The first-order valence-corrected chi connectivity index (χ1v) is 6.26. The minimum Gasteiger partial charge on any atom is -0.383 e. The average molecular weight is 373 g/mol. The molecule has 110 valence electrons. The molecule has 0 aliphatic rings. The summed E-state index contributed by atoms with van der Waals surface area (Å²) in [6.07, 6.45) is 1.16. The lowest BCUT2D eigenvalue weighted by molar-refractivity contribution is 0.0266. The van der Waals surface area contributed by atoms with Crippen LogP contribution in [0.1, 0.15) is 27.2 Å². The minimum atomic E-state index is 0. The van der Waals surface area contributed by atoms with Gasteiger partial charge in [-0.05, 0) is 19.3 Å². The van der Waals surface area contributed by atoms with Crippen LogP contribution in [0.4, 0.5) is 0 Å². The van der Waals surface area contributed by atoms with Gasteiger partial charge in [0.2, 0.25) is 0 Å². The zero-order valence-corrected chi connectivity index (χ0v) is 14.3. The molecule has 0 aromatic carbocycles. The standard InChI is InChI=1S/C12H27N3O2.HI/c1-5-17-11(10(2)3)6-7-14-12(13)15-8-9-16-4;/h10-11H,5-9H2,1-4H3,(H3,13,14,15);1H. The molecule has 0 rings (SSSR count). The van der Waals surface area contributed by atoms with Crippen LogP contribution in [0.3, 0.4) is 0 Å². The molecule has 5 nitrogen and oxygen atoms in total. The van der Waals surface area contributed by atoms with Crippen LogP contribution in [0.25, 0.3) is 0 Å². The van der Waals surface area contributed by atoms with Crippen LogP contribution in [0.2, 0.25) is 0 Å². The SMILES string of the molecule is CCOC(CCN=C(N)NCCOC)C(C)C.I. The lowest BCUT2D eigenvalue weighted by atomic mass is 10.0. The van der Waals surface area contributed by atoms with E-state index in [-0.39, 0.29) is 30.1 Å². The maximum absolute atomic E-state index is 5.69. The number of nitrogens with zero attached hydrogens (tertiary/aromatic N) is 1. The molecule has 0 saturated heterocycles.